The maximum atomic E-state index is 13.3. The fourth-order valence-corrected chi connectivity index (χ4v) is 3.94. The molecule has 0 spiro atoms. The third-order valence-corrected chi connectivity index (χ3v) is 5.67. The number of aryl methyl sites for hydroxylation is 1. The predicted molar refractivity (Wildman–Crippen MR) is 136 cm³/mol. The van der Waals surface area contributed by atoms with Crippen molar-refractivity contribution in [2.45, 2.75) is 26.8 Å². The van der Waals surface area contributed by atoms with Crippen molar-refractivity contribution >= 4 is 40.3 Å². The van der Waals surface area contributed by atoms with Crippen molar-refractivity contribution in [1.82, 2.24) is 14.0 Å². The van der Waals surface area contributed by atoms with Gasteiger partial charge in [-0.2, -0.15) is 4.99 Å². The molecule has 0 saturated carbocycles. The quantitative estimate of drug-likeness (QED) is 0.174. The van der Waals surface area contributed by atoms with Gasteiger partial charge in [-0.15, -0.1) is 11.8 Å². The van der Waals surface area contributed by atoms with E-state index in [9.17, 15) is 14.4 Å². The molecule has 0 fully saturated rings. The van der Waals surface area contributed by atoms with Crippen molar-refractivity contribution in [2.75, 3.05) is 25.6 Å². The van der Waals surface area contributed by atoms with Crippen molar-refractivity contribution in [1.29, 1.82) is 0 Å². The minimum absolute atomic E-state index is 0.0329. The van der Waals surface area contributed by atoms with Crippen LogP contribution in [0.5, 0.6) is 0 Å². The second kappa shape index (κ2) is 12.8. The summed E-state index contributed by atoms with van der Waals surface area (Å²) in [6.45, 7) is 8.65. The van der Waals surface area contributed by atoms with Gasteiger partial charge in [0.1, 0.15) is 16.9 Å². The molecular formula is C25H28N4O5S. The van der Waals surface area contributed by atoms with Crippen LogP contribution in [0.25, 0.3) is 16.7 Å². The lowest BCUT2D eigenvalue weighted by atomic mass is 10.2. The average molecular weight is 497 g/mol. The number of pyridine rings is 2. The number of thioether (sulfide) groups is 1. The summed E-state index contributed by atoms with van der Waals surface area (Å²) in [6.07, 6.45) is 5.50. The van der Waals surface area contributed by atoms with Gasteiger partial charge in [0.05, 0.1) is 17.7 Å². The minimum atomic E-state index is -0.670. The minimum Gasteiger partial charge on any atom is -0.462 e. The molecule has 0 saturated heterocycles. The van der Waals surface area contributed by atoms with E-state index in [1.54, 1.807) is 53.4 Å². The molecule has 0 atom stereocenters. The van der Waals surface area contributed by atoms with Crippen LogP contribution in [0.2, 0.25) is 0 Å². The first-order valence-electron chi connectivity index (χ1n) is 11.3. The largest absolute Gasteiger partial charge is 0.462 e. The van der Waals surface area contributed by atoms with E-state index in [0.717, 1.165) is 0 Å². The number of esters is 1. The van der Waals surface area contributed by atoms with Crippen LogP contribution in [-0.4, -0.2) is 51.4 Å². The summed E-state index contributed by atoms with van der Waals surface area (Å²) < 4.78 is 13.7. The van der Waals surface area contributed by atoms with E-state index < -0.39 is 11.9 Å². The summed E-state index contributed by atoms with van der Waals surface area (Å²) in [7, 11) is 0. The summed E-state index contributed by atoms with van der Waals surface area (Å²) in [5, 5.41) is 1.96. The van der Waals surface area contributed by atoms with Crippen molar-refractivity contribution in [2.24, 2.45) is 4.99 Å². The summed E-state index contributed by atoms with van der Waals surface area (Å²) in [6, 6.07) is 6.64. The molecule has 3 rings (SSSR count). The number of aromatic nitrogens is 3. The third kappa shape index (κ3) is 6.34. The van der Waals surface area contributed by atoms with Crippen LogP contribution >= 0.6 is 11.8 Å². The molecule has 3 heterocycles. The Balaban J connectivity index is 2.30. The second-order valence-corrected chi connectivity index (χ2v) is 8.16. The molecule has 184 valence electrons. The molecule has 0 aromatic carbocycles. The van der Waals surface area contributed by atoms with Crippen LogP contribution in [0, 0.1) is 0 Å². The van der Waals surface area contributed by atoms with Crippen molar-refractivity contribution in [3.05, 3.63) is 76.0 Å². The second-order valence-electron chi connectivity index (χ2n) is 7.27. The lowest BCUT2D eigenvalue weighted by molar-refractivity contribution is -0.115. The van der Waals surface area contributed by atoms with Crippen LogP contribution in [0.3, 0.4) is 0 Å². The predicted octanol–water partition coefficient (Wildman–Crippen LogP) is 3.11. The number of hydrogen-bond donors (Lipinski definition) is 0. The van der Waals surface area contributed by atoms with Gasteiger partial charge in [0.15, 0.2) is 5.49 Å². The van der Waals surface area contributed by atoms with Gasteiger partial charge < -0.3 is 14.0 Å². The number of rotatable bonds is 11. The zero-order valence-electron chi connectivity index (χ0n) is 19.8. The van der Waals surface area contributed by atoms with Gasteiger partial charge in [-0.05, 0) is 43.9 Å². The molecule has 0 N–H and O–H groups in total. The molecule has 1 amide bonds. The molecular weight excluding hydrogens is 468 g/mol. The molecule has 0 unspecified atom stereocenters. The first kappa shape index (κ1) is 26.1. The summed E-state index contributed by atoms with van der Waals surface area (Å²) in [5.74, 6) is -1.04. The molecule has 9 nitrogen and oxygen atoms in total. The van der Waals surface area contributed by atoms with Crippen LogP contribution in [-0.2, 0) is 20.8 Å². The van der Waals surface area contributed by atoms with Gasteiger partial charge in [-0.3, -0.25) is 14.0 Å². The molecule has 0 radical (unpaired) electrons. The molecule has 0 aliphatic carbocycles. The Morgan fingerprint density at radius 3 is 2.83 bits per heavy atom. The Hall–Kier alpha value is -3.50. The van der Waals surface area contributed by atoms with Crippen LogP contribution in [0.4, 0.5) is 0 Å². The first-order valence-corrected chi connectivity index (χ1v) is 12.3. The van der Waals surface area contributed by atoms with E-state index >= 15 is 0 Å². The maximum absolute atomic E-state index is 13.3. The van der Waals surface area contributed by atoms with E-state index in [1.165, 1.54) is 22.2 Å². The highest BCUT2D eigenvalue weighted by atomic mass is 32.2. The summed E-state index contributed by atoms with van der Waals surface area (Å²) in [5.41, 5.74) is 0.576. The van der Waals surface area contributed by atoms with E-state index in [1.807, 2.05) is 6.92 Å². The van der Waals surface area contributed by atoms with Gasteiger partial charge in [-0.25, -0.2) is 9.78 Å². The van der Waals surface area contributed by atoms with Gasteiger partial charge in [0.25, 0.3) is 11.5 Å². The van der Waals surface area contributed by atoms with Crippen molar-refractivity contribution in [3.63, 3.8) is 0 Å². The maximum Gasteiger partial charge on any atom is 0.341 e. The van der Waals surface area contributed by atoms with E-state index in [4.69, 9.17) is 9.47 Å². The topological polar surface area (TPSA) is 104 Å². The molecule has 35 heavy (non-hydrogen) atoms. The van der Waals surface area contributed by atoms with Gasteiger partial charge >= 0.3 is 5.97 Å². The van der Waals surface area contributed by atoms with Gasteiger partial charge in [0.2, 0.25) is 0 Å². The van der Waals surface area contributed by atoms with E-state index in [0.29, 0.717) is 37.5 Å². The average Bonchev–Trinajstić information content (AvgIpc) is 2.85. The number of ether oxygens (including phenoxy) is 2. The fourth-order valence-electron chi connectivity index (χ4n) is 3.42. The zero-order chi connectivity index (χ0) is 25.2. The zero-order valence-corrected chi connectivity index (χ0v) is 20.6. The molecule has 0 aliphatic heterocycles. The number of allylic oxidation sites excluding steroid dienone is 2. The highest BCUT2D eigenvalue weighted by molar-refractivity contribution is 8.02. The molecule has 3 aromatic heterocycles. The van der Waals surface area contributed by atoms with Crippen LogP contribution < -0.4 is 11.0 Å². The number of carbonyl (C=O) groups is 2. The molecule has 3 aromatic rings. The van der Waals surface area contributed by atoms with Crippen LogP contribution in [0.1, 0.15) is 30.6 Å². The lowest BCUT2D eigenvalue weighted by Gasteiger charge is -2.15. The number of hydrogen-bond acceptors (Lipinski definition) is 7. The summed E-state index contributed by atoms with van der Waals surface area (Å²) >= 11 is 1.26. The van der Waals surface area contributed by atoms with Crippen molar-refractivity contribution < 1.29 is 19.1 Å². The standard InChI is InChI=1S/C25H28N4O5S/c1-4-7-15-35-17-21(30)27-23-19(25(32)34-6-3)16-18-22(29(23)13-10-14-33-5-2)26-20-11-8-9-12-28(20)24(18)31/h4,7-9,11-12,15-16H,1,5-6,10,13-14,17H2,2-3H3/b15-7+,27-23?. The highest BCUT2D eigenvalue weighted by Crippen LogP contribution is 2.12. The smallest absolute Gasteiger partial charge is 0.341 e. The molecule has 10 heteroatoms. The molecule has 0 aliphatic rings. The van der Waals surface area contributed by atoms with Crippen molar-refractivity contribution in [3.8, 4) is 0 Å². The number of nitrogens with zero attached hydrogens (tertiary/aromatic N) is 4. The third-order valence-electron chi connectivity index (χ3n) is 4.91. The summed E-state index contributed by atoms with van der Waals surface area (Å²) in [4.78, 5) is 47.9. The first-order chi connectivity index (χ1) is 17.0. The lowest BCUT2D eigenvalue weighted by Crippen LogP contribution is -2.33. The Labute approximate surface area is 206 Å². The van der Waals surface area contributed by atoms with Gasteiger partial charge in [0, 0.05) is 26.0 Å². The van der Waals surface area contributed by atoms with E-state index in [-0.39, 0.29) is 34.4 Å². The van der Waals surface area contributed by atoms with E-state index in [2.05, 4.69) is 16.6 Å². The Morgan fingerprint density at radius 2 is 2.09 bits per heavy atom. The SMILES string of the molecule is C=C/C=C/SCC(=O)N=c1c(C(=O)OCC)cc2c(=O)n3ccccc3nc2n1CCCOCC. The Bertz CT molecular complexity index is 1390. The normalized spacial score (nSPS) is 12.0. The monoisotopic (exact) mass is 496 g/mol. The number of fused-ring (bicyclic) bond motifs is 2. The molecule has 0 bridgehead atoms. The fraction of sp³-hybridized carbons (Fsp3) is 0.320. The van der Waals surface area contributed by atoms with Gasteiger partial charge in [-0.1, -0.05) is 24.8 Å². The number of carbonyl (C=O) groups excluding carboxylic acids is 2. The Kier molecular flexibility index (Phi) is 9.56. The highest BCUT2D eigenvalue weighted by Gasteiger charge is 2.20. The number of amides is 1. The van der Waals surface area contributed by atoms with Crippen LogP contribution in [0.15, 0.2) is 64.4 Å². The Morgan fingerprint density at radius 1 is 1.26 bits per heavy atom.